The van der Waals surface area contributed by atoms with Crippen molar-refractivity contribution in [1.29, 1.82) is 0 Å². The van der Waals surface area contributed by atoms with Crippen LogP contribution in [0, 0.1) is 0 Å². The Morgan fingerprint density at radius 2 is 2.00 bits per heavy atom. The molecule has 17 heavy (non-hydrogen) atoms. The van der Waals surface area contributed by atoms with Crippen molar-refractivity contribution in [2.45, 2.75) is 17.9 Å². The van der Waals surface area contributed by atoms with Gasteiger partial charge in [0.15, 0.2) is 5.78 Å². The van der Waals surface area contributed by atoms with Crippen LogP contribution in [0.3, 0.4) is 0 Å². The Labute approximate surface area is 105 Å². The van der Waals surface area contributed by atoms with E-state index in [-0.39, 0.29) is 11.3 Å². The first-order valence-electron chi connectivity index (χ1n) is 4.71. The van der Waals surface area contributed by atoms with E-state index >= 15 is 0 Å². The average Bonchev–Trinajstić information content (AvgIpc) is 2.25. The lowest BCUT2D eigenvalue weighted by Gasteiger charge is -2.12. The molecule has 1 aromatic rings. The maximum atomic E-state index is 12.5. The molecule has 1 aromatic carbocycles. The van der Waals surface area contributed by atoms with Crippen molar-refractivity contribution < 1.29 is 22.7 Å². The van der Waals surface area contributed by atoms with Gasteiger partial charge in [-0.2, -0.15) is 13.2 Å². The van der Waals surface area contributed by atoms with Gasteiger partial charge in [-0.3, -0.25) is 4.79 Å². The third-order valence-electron chi connectivity index (χ3n) is 2.15. The van der Waals surface area contributed by atoms with Crippen LogP contribution in [-0.4, -0.2) is 17.7 Å². The van der Waals surface area contributed by atoms with E-state index in [1.807, 2.05) is 0 Å². The monoisotopic (exact) mass is 310 g/mol. The molecule has 2 nitrogen and oxygen atoms in total. The highest BCUT2D eigenvalue weighted by Gasteiger charge is 2.32. The van der Waals surface area contributed by atoms with Crippen LogP contribution in [0.1, 0.15) is 22.8 Å². The first-order valence-corrected chi connectivity index (χ1v) is 5.62. The number of carbonyl (C=O) groups is 1. The smallest absolute Gasteiger partial charge is 0.416 e. The number of benzene rings is 1. The highest BCUT2D eigenvalue weighted by Crippen LogP contribution is 2.33. The van der Waals surface area contributed by atoms with Crippen molar-refractivity contribution in [2.75, 3.05) is 7.11 Å². The number of methoxy groups -OCH3 is 1. The molecule has 0 fully saturated rings. The zero-order chi connectivity index (χ0) is 13.2. The topological polar surface area (TPSA) is 26.3 Å². The molecule has 0 spiro atoms. The zero-order valence-corrected chi connectivity index (χ0v) is 10.7. The summed E-state index contributed by atoms with van der Waals surface area (Å²) >= 11 is 3.03. The predicted octanol–water partition coefficient (Wildman–Crippen LogP) is 3.68. The minimum Gasteiger partial charge on any atom is -0.496 e. The van der Waals surface area contributed by atoms with E-state index in [1.54, 1.807) is 6.92 Å². The van der Waals surface area contributed by atoms with Gasteiger partial charge in [0.1, 0.15) is 5.75 Å². The molecule has 0 N–H and O–H groups in total. The lowest BCUT2D eigenvalue weighted by Crippen LogP contribution is -2.14. The Balaban J connectivity index is 3.30. The van der Waals surface area contributed by atoms with Gasteiger partial charge >= 0.3 is 6.18 Å². The number of ether oxygens (including phenoxy) is 1. The second-order valence-electron chi connectivity index (χ2n) is 3.39. The van der Waals surface area contributed by atoms with Crippen molar-refractivity contribution in [3.05, 3.63) is 29.3 Å². The Morgan fingerprint density at radius 3 is 2.41 bits per heavy atom. The summed E-state index contributed by atoms with van der Waals surface area (Å²) in [4.78, 5) is 11.1. The number of halogens is 4. The fourth-order valence-corrected chi connectivity index (χ4v) is 1.54. The molecule has 1 unspecified atom stereocenters. The van der Waals surface area contributed by atoms with Gasteiger partial charge in [-0.1, -0.05) is 15.9 Å². The van der Waals surface area contributed by atoms with Crippen molar-refractivity contribution in [3.8, 4) is 5.75 Å². The summed E-state index contributed by atoms with van der Waals surface area (Å²) in [5, 5.41) is 0. The number of Topliss-reactive ketones (excluding diaryl/α,β-unsaturated/α-hetero) is 1. The lowest BCUT2D eigenvalue weighted by molar-refractivity contribution is -0.137. The standard InChI is InChI=1S/C11H10BrF3O2/c1-6(12)10(16)8-5-7(11(13,14)15)3-4-9(8)17-2/h3-6H,1-2H3. The number of hydrogen-bond donors (Lipinski definition) is 0. The van der Waals surface area contributed by atoms with Gasteiger partial charge in [0.05, 0.1) is 23.1 Å². The van der Waals surface area contributed by atoms with E-state index in [9.17, 15) is 18.0 Å². The molecular formula is C11H10BrF3O2. The molecule has 0 aliphatic carbocycles. The summed E-state index contributed by atoms with van der Waals surface area (Å²) in [6, 6.07) is 2.83. The molecule has 1 atom stereocenters. The van der Waals surface area contributed by atoms with Crippen molar-refractivity contribution in [3.63, 3.8) is 0 Å². The van der Waals surface area contributed by atoms with Gasteiger partial charge in [0.25, 0.3) is 0 Å². The average molecular weight is 311 g/mol. The van der Waals surface area contributed by atoms with E-state index in [0.717, 1.165) is 18.2 Å². The molecule has 0 bridgehead atoms. The van der Waals surface area contributed by atoms with E-state index in [1.165, 1.54) is 7.11 Å². The molecule has 0 aromatic heterocycles. The second-order valence-corrected chi connectivity index (χ2v) is 4.77. The Morgan fingerprint density at radius 1 is 1.41 bits per heavy atom. The molecule has 0 saturated carbocycles. The first-order chi connectivity index (χ1) is 7.77. The maximum Gasteiger partial charge on any atom is 0.416 e. The van der Waals surface area contributed by atoms with E-state index < -0.39 is 22.4 Å². The minimum absolute atomic E-state index is 0.0771. The molecule has 0 saturated heterocycles. The van der Waals surface area contributed by atoms with E-state index in [0.29, 0.717) is 0 Å². The summed E-state index contributed by atoms with van der Waals surface area (Å²) in [7, 11) is 1.30. The van der Waals surface area contributed by atoms with Crippen molar-refractivity contribution in [2.24, 2.45) is 0 Å². The minimum atomic E-state index is -4.48. The predicted molar refractivity (Wildman–Crippen MR) is 60.7 cm³/mol. The molecule has 0 heterocycles. The molecule has 0 amide bonds. The SMILES string of the molecule is COc1ccc(C(F)(F)F)cc1C(=O)C(C)Br. The van der Waals surface area contributed by atoms with Gasteiger partial charge in [0, 0.05) is 0 Å². The normalized spacial score (nSPS) is 13.3. The Hall–Kier alpha value is -1.04. The number of rotatable bonds is 3. The first kappa shape index (κ1) is 14.0. The summed E-state index contributed by atoms with van der Waals surface area (Å²) in [5.74, 6) is -0.317. The fourth-order valence-electron chi connectivity index (χ4n) is 1.29. The largest absolute Gasteiger partial charge is 0.496 e. The molecule has 1 rings (SSSR count). The third-order valence-corrected chi connectivity index (χ3v) is 2.57. The van der Waals surface area contributed by atoms with Gasteiger partial charge in [-0.05, 0) is 25.1 Å². The molecular weight excluding hydrogens is 301 g/mol. The van der Waals surface area contributed by atoms with Crippen LogP contribution in [0.25, 0.3) is 0 Å². The van der Waals surface area contributed by atoms with Crippen molar-refractivity contribution in [1.82, 2.24) is 0 Å². The van der Waals surface area contributed by atoms with E-state index in [2.05, 4.69) is 15.9 Å². The van der Waals surface area contributed by atoms with Crippen LogP contribution in [0.2, 0.25) is 0 Å². The van der Waals surface area contributed by atoms with Crippen molar-refractivity contribution >= 4 is 21.7 Å². The molecule has 6 heteroatoms. The summed E-state index contributed by atoms with van der Waals surface area (Å²) in [6.07, 6.45) is -4.48. The number of alkyl halides is 4. The number of ketones is 1. The highest BCUT2D eigenvalue weighted by molar-refractivity contribution is 9.10. The zero-order valence-electron chi connectivity index (χ0n) is 9.14. The van der Waals surface area contributed by atoms with Crippen LogP contribution >= 0.6 is 15.9 Å². The van der Waals surface area contributed by atoms with Crippen LogP contribution in [0.4, 0.5) is 13.2 Å². The second kappa shape index (κ2) is 5.08. The lowest BCUT2D eigenvalue weighted by atomic mass is 10.0. The van der Waals surface area contributed by atoms with Crippen LogP contribution < -0.4 is 4.74 Å². The Kier molecular flexibility index (Phi) is 4.19. The fraction of sp³-hybridized carbons (Fsp3) is 0.364. The maximum absolute atomic E-state index is 12.5. The van der Waals surface area contributed by atoms with Gasteiger partial charge in [-0.25, -0.2) is 0 Å². The molecule has 94 valence electrons. The van der Waals surface area contributed by atoms with Crippen LogP contribution in [0.5, 0.6) is 5.75 Å². The summed E-state index contributed by atoms with van der Waals surface area (Å²) in [6.45, 7) is 1.54. The molecule has 0 aliphatic rings. The van der Waals surface area contributed by atoms with Gasteiger partial charge in [-0.15, -0.1) is 0 Å². The third kappa shape index (κ3) is 3.21. The van der Waals surface area contributed by atoms with E-state index in [4.69, 9.17) is 4.74 Å². The molecule has 0 aliphatic heterocycles. The number of hydrogen-bond acceptors (Lipinski definition) is 2. The van der Waals surface area contributed by atoms with Crippen LogP contribution in [-0.2, 0) is 6.18 Å². The van der Waals surface area contributed by atoms with Gasteiger partial charge in [0.2, 0.25) is 0 Å². The highest BCUT2D eigenvalue weighted by atomic mass is 79.9. The summed E-state index contributed by atoms with van der Waals surface area (Å²) in [5.41, 5.74) is -0.943. The van der Waals surface area contributed by atoms with Crippen LogP contribution in [0.15, 0.2) is 18.2 Å². The van der Waals surface area contributed by atoms with Gasteiger partial charge < -0.3 is 4.74 Å². The Bertz CT molecular complexity index is 427. The molecule has 0 radical (unpaired) electrons. The summed E-state index contributed by atoms with van der Waals surface area (Å²) < 4.78 is 42.4. The quantitative estimate of drug-likeness (QED) is 0.629. The number of carbonyl (C=O) groups excluding carboxylic acids is 1.